The van der Waals surface area contributed by atoms with Crippen molar-refractivity contribution in [2.75, 3.05) is 0 Å². The SMILES string of the molecule is CCCc1ccc(-c2cc(F)c(/C=C/C(F)(F)Oc3ccc(-c4cc(F)c(F)c(F)c4)c(F)c3)c(F)c2)cc1. The highest BCUT2D eigenvalue weighted by molar-refractivity contribution is 5.67. The molecule has 0 saturated carbocycles. The highest BCUT2D eigenvalue weighted by Crippen LogP contribution is 2.32. The molecule has 0 N–H and O–H groups in total. The van der Waals surface area contributed by atoms with Gasteiger partial charge in [0.05, 0.1) is 0 Å². The molecule has 39 heavy (non-hydrogen) atoms. The predicted octanol–water partition coefficient (Wildman–Crippen LogP) is 9.49. The Bertz CT molecular complexity index is 1480. The molecule has 0 aliphatic carbocycles. The van der Waals surface area contributed by atoms with Crippen LogP contribution in [0.3, 0.4) is 0 Å². The van der Waals surface area contributed by atoms with E-state index in [0.29, 0.717) is 29.8 Å². The van der Waals surface area contributed by atoms with Gasteiger partial charge >= 0.3 is 6.11 Å². The van der Waals surface area contributed by atoms with E-state index in [1.54, 1.807) is 12.1 Å². The van der Waals surface area contributed by atoms with Crippen molar-refractivity contribution < 1.29 is 39.9 Å². The van der Waals surface area contributed by atoms with Crippen LogP contribution in [0.4, 0.5) is 35.1 Å². The third kappa shape index (κ3) is 6.47. The van der Waals surface area contributed by atoms with Crippen molar-refractivity contribution in [2.45, 2.75) is 25.9 Å². The van der Waals surface area contributed by atoms with Gasteiger partial charge in [-0.2, -0.15) is 8.78 Å². The third-order valence-electron chi connectivity index (χ3n) is 5.84. The van der Waals surface area contributed by atoms with Gasteiger partial charge in [0.25, 0.3) is 0 Å². The molecule has 4 rings (SSSR count). The molecule has 0 aliphatic heterocycles. The van der Waals surface area contributed by atoms with Crippen LogP contribution in [0.15, 0.2) is 72.8 Å². The predicted molar refractivity (Wildman–Crippen MR) is 132 cm³/mol. The summed E-state index contributed by atoms with van der Waals surface area (Å²) in [4.78, 5) is 0. The molecule has 0 unspecified atom stereocenters. The Balaban J connectivity index is 1.52. The molecule has 0 atom stereocenters. The summed E-state index contributed by atoms with van der Waals surface area (Å²) in [5.41, 5.74) is 0.345. The van der Waals surface area contributed by atoms with E-state index in [0.717, 1.165) is 42.7 Å². The van der Waals surface area contributed by atoms with Crippen LogP contribution in [0, 0.1) is 34.9 Å². The van der Waals surface area contributed by atoms with E-state index in [1.165, 1.54) is 0 Å². The monoisotopic (exact) mass is 548 g/mol. The van der Waals surface area contributed by atoms with E-state index < -0.39 is 57.9 Å². The first-order chi connectivity index (χ1) is 18.5. The van der Waals surface area contributed by atoms with E-state index in [4.69, 9.17) is 0 Å². The first kappa shape index (κ1) is 27.9. The summed E-state index contributed by atoms with van der Waals surface area (Å²) in [5.74, 6) is -8.88. The minimum Gasteiger partial charge on any atom is -0.429 e. The Morgan fingerprint density at radius 2 is 1.26 bits per heavy atom. The normalized spacial score (nSPS) is 11.8. The van der Waals surface area contributed by atoms with E-state index in [-0.39, 0.29) is 17.2 Å². The van der Waals surface area contributed by atoms with Crippen molar-refractivity contribution in [3.05, 3.63) is 119 Å². The molecule has 0 radical (unpaired) electrons. The third-order valence-corrected chi connectivity index (χ3v) is 5.84. The molecule has 0 aromatic heterocycles. The highest BCUT2D eigenvalue weighted by Gasteiger charge is 2.29. The zero-order chi connectivity index (χ0) is 28.3. The number of halogens is 8. The molecule has 1 nitrogen and oxygen atoms in total. The van der Waals surface area contributed by atoms with Gasteiger partial charge in [0.2, 0.25) is 0 Å². The summed E-state index contributed by atoms with van der Waals surface area (Å²) in [5, 5.41) is 0. The lowest BCUT2D eigenvalue weighted by Crippen LogP contribution is -2.21. The summed E-state index contributed by atoms with van der Waals surface area (Å²) in [6.45, 7) is 2.02. The molecule has 0 aliphatic rings. The lowest BCUT2D eigenvalue weighted by atomic mass is 10.0. The number of rotatable bonds is 8. The zero-order valence-corrected chi connectivity index (χ0v) is 20.4. The van der Waals surface area contributed by atoms with E-state index in [9.17, 15) is 35.1 Å². The van der Waals surface area contributed by atoms with E-state index in [1.807, 2.05) is 19.1 Å². The number of benzene rings is 4. The Morgan fingerprint density at radius 3 is 1.82 bits per heavy atom. The number of alkyl halides is 2. The van der Waals surface area contributed by atoms with Gasteiger partial charge in [0, 0.05) is 23.3 Å². The molecular weight excluding hydrogens is 528 g/mol. The molecule has 0 saturated heterocycles. The first-order valence-corrected chi connectivity index (χ1v) is 11.8. The number of hydrogen-bond acceptors (Lipinski definition) is 1. The van der Waals surface area contributed by atoms with Crippen LogP contribution >= 0.6 is 0 Å². The topological polar surface area (TPSA) is 9.23 Å². The van der Waals surface area contributed by atoms with Gasteiger partial charge in [-0.3, -0.25) is 0 Å². The fourth-order valence-electron chi connectivity index (χ4n) is 3.94. The lowest BCUT2D eigenvalue weighted by Gasteiger charge is -2.15. The summed E-state index contributed by atoms with van der Waals surface area (Å²) in [7, 11) is 0. The molecule has 0 fully saturated rings. The summed E-state index contributed by atoms with van der Waals surface area (Å²) in [6, 6.07) is 12.6. The Kier molecular flexibility index (Phi) is 8.09. The molecule has 0 spiro atoms. The number of aryl methyl sites for hydroxylation is 1. The summed E-state index contributed by atoms with van der Waals surface area (Å²) >= 11 is 0. The average molecular weight is 548 g/mol. The van der Waals surface area contributed by atoms with Crippen LogP contribution in [0.1, 0.15) is 24.5 Å². The van der Waals surface area contributed by atoms with Crippen molar-refractivity contribution in [1.82, 2.24) is 0 Å². The summed E-state index contributed by atoms with van der Waals surface area (Å²) < 4.78 is 117. The van der Waals surface area contributed by atoms with Gasteiger partial charge in [-0.25, -0.2) is 26.3 Å². The van der Waals surface area contributed by atoms with Crippen LogP contribution in [0.5, 0.6) is 5.75 Å². The van der Waals surface area contributed by atoms with Gasteiger partial charge in [0.15, 0.2) is 17.5 Å². The van der Waals surface area contributed by atoms with Crippen LogP contribution in [-0.4, -0.2) is 6.11 Å². The van der Waals surface area contributed by atoms with E-state index >= 15 is 0 Å². The van der Waals surface area contributed by atoms with Crippen LogP contribution in [0.2, 0.25) is 0 Å². The Hall–Kier alpha value is -4.14. The zero-order valence-electron chi connectivity index (χ0n) is 20.4. The molecule has 4 aromatic carbocycles. The number of hydrogen-bond donors (Lipinski definition) is 0. The maximum Gasteiger partial charge on any atom is 0.419 e. The van der Waals surface area contributed by atoms with Crippen molar-refractivity contribution >= 4 is 6.08 Å². The molecule has 4 aromatic rings. The van der Waals surface area contributed by atoms with Gasteiger partial charge in [0.1, 0.15) is 23.2 Å². The summed E-state index contributed by atoms with van der Waals surface area (Å²) in [6.07, 6.45) is -1.71. The number of ether oxygens (including phenoxy) is 1. The highest BCUT2D eigenvalue weighted by atomic mass is 19.3. The first-order valence-electron chi connectivity index (χ1n) is 11.8. The Morgan fingerprint density at radius 1 is 0.667 bits per heavy atom. The molecular formula is C30H20F8O. The maximum absolute atomic E-state index is 14.6. The van der Waals surface area contributed by atoms with Crippen molar-refractivity contribution in [3.63, 3.8) is 0 Å². The molecule has 0 bridgehead atoms. The lowest BCUT2D eigenvalue weighted by molar-refractivity contribution is -0.131. The van der Waals surface area contributed by atoms with Gasteiger partial charge < -0.3 is 4.74 Å². The smallest absolute Gasteiger partial charge is 0.419 e. The van der Waals surface area contributed by atoms with Gasteiger partial charge in [-0.05, 0) is 71.1 Å². The van der Waals surface area contributed by atoms with Crippen LogP contribution in [-0.2, 0) is 6.42 Å². The standard InChI is InChI=1S/C30H20F8O/c1-2-3-17-4-6-18(7-5-17)19-12-24(31)23(25(32)13-19)10-11-30(37,38)39-21-8-9-22(26(33)16-21)20-14-27(34)29(36)28(35)15-20/h4-16H,2-3H2,1H3/b11-10+. The van der Waals surface area contributed by atoms with Gasteiger partial charge in [-0.1, -0.05) is 37.6 Å². The van der Waals surface area contributed by atoms with E-state index in [2.05, 4.69) is 4.74 Å². The second-order valence-electron chi connectivity index (χ2n) is 8.69. The maximum atomic E-state index is 14.6. The molecule has 9 heteroatoms. The van der Waals surface area contributed by atoms with Gasteiger partial charge in [-0.15, -0.1) is 0 Å². The van der Waals surface area contributed by atoms with Crippen molar-refractivity contribution in [3.8, 4) is 28.0 Å². The molecule has 0 amide bonds. The largest absolute Gasteiger partial charge is 0.429 e. The van der Waals surface area contributed by atoms with Crippen LogP contribution < -0.4 is 4.74 Å². The van der Waals surface area contributed by atoms with Crippen molar-refractivity contribution in [1.29, 1.82) is 0 Å². The second-order valence-corrected chi connectivity index (χ2v) is 8.69. The fraction of sp³-hybridized carbons (Fsp3) is 0.133. The second kappa shape index (κ2) is 11.3. The Labute approximate surface area is 219 Å². The minimum absolute atomic E-state index is 0.101. The van der Waals surface area contributed by atoms with Crippen LogP contribution in [0.25, 0.3) is 28.3 Å². The molecule has 202 valence electrons. The quantitative estimate of drug-likeness (QED) is 0.157. The molecule has 0 heterocycles. The van der Waals surface area contributed by atoms with Crippen molar-refractivity contribution in [2.24, 2.45) is 0 Å². The average Bonchev–Trinajstić information content (AvgIpc) is 2.87. The minimum atomic E-state index is -4.12. The fourth-order valence-corrected chi connectivity index (χ4v) is 3.94.